The number of hydrogen-bond acceptors (Lipinski definition) is 7. The quantitative estimate of drug-likeness (QED) is 0.296. The van der Waals surface area contributed by atoms with Crippen molar-refractivity contribution in [3.8, 4) is 11.8 Å². The molecule has 2 aromatic heterocycles. The SMILES string of the molecule is CCCCC1(F)CN(c2cc(Nc3cc(C)n[nH]3)nc(Oc3ccc(NC(=O)CC(F)(F)F)cc3)n2)C1. The van der Waals surface area contributed by atoms with Crippen molar-refractivity contribution in [1.82, 2.24) is 20.2 Å². The number of benzene rings is 1. The van der Waals surface area contributed by atoms with Gasteiger partial charge in [-0.2, -0.15) is 28.2 Å². The highest BCUT2D eigenvalue weighted by Crippen LogP contribution is 2.36. The highest BCUT2D eigenvalue weighted by molar-refractivity contribution is 5.91. The van der Waals surface area contributed by atoms with Gasteiger partial charge in [0.05, 0.1) is 18.8 Å². The minimum atomic E-state index is -4.59. The Labute approximate surface area is 210 Å². The Morgan fingerprint density at radius 3 is 2.54 bits per heavy atom. The number of aromatic nitrogens is 4. The number of H-pyrrole nitrogens is 1. The van der Waals surface area contributed by atoms with Crippen molar-refractivity contribution in [3.05, 3.63) is 42.1 Å². The first-order chi connectivity index (χ1) is 17.5. The number of rotatable bonds is 10. The number of halogens is 4. The van der Waals surface area contributed by atoms with Gasteiger partial charge in [0.25, 0.3) is 0 Å². The van der Waals surface area contributed by atoms with Crippen molar-refractivity contribution in [3.63, 3.8) is 0 Å². The third-order valence-electron chi connectivity index (χ3n) is 5.62. The molecule has 0 atom stereocenters. The summed E-state index contributed by atoms with van der Waals surface area (Å²) in [5, 5.41) is 12.2. The third kappa shape index (κ3) is 7.30. The second-order valence-corrected chi connectivity index (χ2v) is 9.02. The van der Waals surface area contributed by atoms with Crippen molar-refractivity contribution < 1.29 is 27.1 Å². The number of carbonyl (C=O) groups is 1. The molecule has 198 valence electrons. The van der Waals surface area contributed by atoms with Gasteiger partial charge >= 0.3 is 12.2 Å². The molecule has 1 aromatic carbocycles. The Kier molecular flexibility index (Phi) is 7.50. The summed E-state index contributed by atoms with van der Waals surface area (Å²) >= 11 is 0. The molecule has 3 N–H and O–H groups in total. The summed E-state index contributed by atoms with van der Waals surface area (Å²) in [5.74, 6) is 0.590. The van der Waals surface area contributed by atoms with Crippen LogP contribution in [0.25, 0.3) is 0 Å². The molecule has 1 fully saturated rings. The molecule has 0 spiro atoms. The number of aromatic amines is 1. The lowest BCUT2D eigenvalue weighted by Gasteiger charge is -2.45. The molecule has 0 bridgehead atoms. The summed E-state index contributed by atoms with van der Waals surface area (Å²) in [7, 11) is 0. The van der Waals surface area contributed by atoms with E-state index >= 15 is 0 Å². The smallest absolute Gasteiger partial charge is 0.397 e. The monoisotopic (exact) mass is 521 g/mol. The number of unbranched alkanes of at least 4 members (excludes halogenated alkanes) is 1. The van der Waals surface area contributed by atoms with Gasteiger partial charge in [-0.05, 0) is 37.6 Å². The topological polar surface area (TPSA) is 108 Å². The zero-order valence-electron chi connectivity index (χ0n) is 20.3. The first-order valence-corrected chi connectivity index (χ1v) is 11.8. The lowest BCUT2D eigenvalue weighted by molar-refractivity contribution is -0.150. The fraction of sp³-hybridized carbons (Fsp3) is 0.417. The minimum absolute atomic E-state index is 0.0185. The summed E-state index contributed by atoms with van der Waals surface area (Å²) in [6.45, 7) is 4.26. The van der Waals surface area contributed by atoms with Crippen LogP contribution in [0.15, 0.2) is 36.4 Å². The predicted octanol–water partition coefficient (Wildman–Crippen LogP) is 5.65. The highest BCUT2D eigenvalue weighted by Gasteiger charge is 2.43. The van der Waals surface area contributed by atoms with Gasteiger partial charge in [0.15, 0.2) is 0 Å². The molecule has 1 aliphatic rings. The Morgan fingerprint density at radius 2 is 1.92 bits per heavy atom. The van der Waals surface area contributed by atoms with Crippen LogP contribution in [0.4, 0.5) is 40.7 Å². The normalized spacial score (nSPS) is 14.7. The number of carbonyl (C=O) groups excluding carboxylic acids is 1. The van der Waals surface area contributed by atoms with Gasteiger partial charge in [0.1, 0.15) is 35.3 Å². The number of nitrogens with zero attached hydrogens (tertiary/aromatic N) is 4. The molecule has 1 saturated heterocycles. The van der Waals surface area contributed by atoms with Gasteiger partial charge in [-0.3, -0.25) is 9.89 Å². The molecule has 37 heavy (non-hydrogen) atoms. The van der Waals surface area contributed by atoms with Crippen LogP contribution in [0.3, 0.4) is 0 Å². The molecule has 0 aliphatic carbocycles. The van der Waals surface area contributed by atoms with E-state index in [0.29, 0.717) is 29.6 Å². The molecule has 9 nitrogen and oxygen atoms in total. The summed E-state index contributed by atoms with van der Waals surface area (Å²) in [5.41, 5.74) is -0.306. The fourth-order valence-corrected chi connectivity index (χ4v) is 3.86. The predicted molar refractivity (Wildman–Crippen MR) is 130 cm³/mol. The number of hydrogen-bond donors (Lipinski definition) is 3. The van der Waals surface area contributed by atoms with Gasteiger partial charge in [-0.15, -0.1) is 0 Å². The third-order valence-corrected chi connectivity index (χ3v) is 5.62. The summed E-state index contributed by atoms with van der Waals surface area (Å²) in [4.78, 5) is 22.1. The van der Waals surface area contributed by atoms with E-state index in [-0.39, 0.29) is 24.8 Å². The summed E-state index contributed by atoms with van der Waals surface area (Å²) < 4.78 is 57.8. The van der Waals surface area contributed by atoms with Crippen LogP contribution in [-0.2, 0) is 4.79 Å². The Morgan fingerprint density at radius 1 is 1.19 bits per heavy atom. The molecule has 0 saturated carbocycles. The van der Waals surface area contributed by atoms with Gasteiger partial charge in [-0.25, -0.2) is 4.39 Å². The van der Waals surface area contributed by atoms with Crippen LogP contribution in [-0.4, -0.2) is 51.0 Å². The van der Waals surface area contributed by atoms with E-state index < -0.39 is 24.2 Å². The van der Waals surface area contributed by atoms with Crippen LogP contribution in [0.1, 0.15) is 38.3 Å². The number of anilines is 4. The van der Waals surface area contributed by atoms with E-state index in [4.69, 9.17) is 4.74 Å². The van der Waals surface area contributed by atoms with Crippen molar-refractivity contribution >= 4 is 29.0 Å². The molecule has 0 unspecified atom stereocenters. The van der Waals surface area contributed by atoms with Gasteiger partial charge in [0, 0.05) is 17.8 Å². The second kappa shape index (κ2) is 10.6. The van der Waals surface area contributed by atoms with E-state index in [1.54, 1.807) is 17.0 Å². The van der Waals surface area contributed by atoms with E-state index in [2.05, 4.69) is 30.8 Å². The lowest BCUT2D eigenvalue weighted by Crippen LogP contribution is -2.59. The average Bonchev–Trinajstić information content (AvgIpc) is 3.20. The Bertz CT molecular complexity index is 1220. The van der Waals surface area contributed by atoms with Crippen molar-refractivity contribution in [2.45, 2.75) is 51.4 Å². The molecule has 0 radical (unpaired) electrons. The van der Waals surface area contributed by atoms with E-state index in [0.717, 1.165) is 18.5 Å². The zero-order chi connectivity index (χ0) is 26.6. The van der Waals surface area contributed by atoms with Crippen LogP contribution in [0.2, 0.25) is 0 Å². The largest absolute Gasteiger partial charge is 0.424 e. The van der Waals surface area contributed by atoms with E-state index in [1.807, 2.05) is 13.8 Å². The van der Waals surface area contributed by atoms with Crippen LogP contribution >= 0.6 is 0 Å². The first kappa shape index (κ1) is 26.2. The van der Waals surface area contributed by atoms with Crippen LogP contribution in [0, 0.1) is 6.92 Å². The fourth-order valence-electron chi connectivity index (χ4n) is 3.86. The average molecular weight is 522 g/mol. The maximum atomic E-state index is 14.9. The highest BCUT2D eigenvalue weighted by atomic mass is 19.4. The summed E-state index contributed by atoms with van der Waals surface area (Å²) in [6, 6.07) is 9.18. The maximum absolute atomic E-state index is 14.9. The standard InChI is InChI=1S/C24H27F4N7O2/c1-3-4-9-23(25)13-35(14-23)20-11-18(30-19-10-15(2)33-34-19)31-22(32-20)37-17-7-5-16(6-8-17)29-21(36)12-24(26,27)28/h5-8,10-11H,3-4,9,12-14H2,1-2H3,(H,29,36)(H2,30,31,32,33,34). The van der Waals surface area contributed by atoms with Gasteiger partial charge in [0.2, 0.25) is 5.91 Å². The molecular weight excluding hydrogens is 494 g/mol. The van der Waals surface area contributed by atoms with E-state index in [9.17, 15) is 22.4 Å². The van der Waals surface area contributed by atoms with Gasteiger partial charge < -0.3 is 20.3 Å². The van der Waals surface area contributed by atoms with Crippen LogP contribution < -0.4 is 20.3 Å². The van der Waals surface area contributed by atoms with Crippen molar-refractivity contribution in [2.75, 3.05) is 28.6 Å². The molecule has 4 rings (SSSR count). The van der Waals surface area contributed by atoms with Crippen molar-refractivity contribution in [2.24, 2.45) is 0 Å². The number of amides is 1. The molecule has 3 heterocycles. The molecule has 1 amide bonds. The lowest BCUT2D eigenvalue weighted by atomic mass is 9.90. The molecule has 3 aromatic rings. The number of ether oxygens (including phenoxy) is 1. The maximum Gasteiger partial charge on any atom is 0.397 e. The molecule has 13 heteroatoms. The van der Waals surface area contributed by atoms with Crippen molar-refractivity contribution in [1.29, 1.82) is 0 Å². The van der Waals surface area contributed by atoms with Crippen LogP contribution in [0.5, 0.6) is 11.8 Å². The number of nitrogens with one attached hydrogen (secondary N) is 3. The number of alkyl halides is 4. The number of aryl methyl sites for hydroxylation is 1. The molecule has 1 aliphatic heterocycles. The second-order valence-electron chi connectivity index (χ2n) is 9.02. The van der Waals surface area contributed by atoms with E-state index in [1.165, 1.54) is 24.3 Å². The Balaban J connectivity index is 1.49. The molecular formula is C24H27F4N7O2. The Hall–Kier alpha value is -3.90. The summed E-state index contributed by atoms with van der Waals surface area (Å²) in [6.07, 6.45) is -3.96. The van der Waals surface area contributed by atoms with Gasteiger partial charge in [-0.1, -0.05) is 19.8 Å². The zero-order valence-corrected chi connectivity index (χ0v) is 20.3. The first-order valence-electron chi connectivity index (χ1n) is 11.8. The minimum Gasteiger partial charge on any atom is -0.424 e.